The molecule has 10 saturated heterocycles. The van der Waals surface area contributed by atoms with Gasteiger partial charge in [-0.15, -0.1) is 0 Å². The van der Waals surface area contributed by atoms with Gasteiger partial charge in [0.15, 0.2) is 5.79 Å². The average Bonchev–Trinajstić information content (AvgIpc) is 3.77. The van der Waals surface area contributed by atoms with E-state index in [-0.39, 0.29) is 110 Å². The highest BCUT2D eigenvalue weighted by atomic mass is 16.8. The minimum atomic E-state index is -0.765. The number of aliphatic hydroxyl groups is 1. The summed E-state index contributed by atoms with van der Waals surface area (Å²) in [5, 5.41) is 10.5. The number of nitrogens with two attached hydrogens (primary N) is 1. The van der Waals surface area contributed by atoms with Gasteiger partial charge >= 0.3 is 0 Å². The van der Waals surface area contributed by atoms with E-state index in [1.807, 2.05) is 0 Å². The number of hydrogen-bond donors (Lipinski definition) is 2. The van der Waals surface area contributed by atoms with Crippen LogP contribution in [0.3, 0.4) is 0 Å². The summed E-state index contributed by atoms with van der Waals surface area (Å²) >= 11 is 0. The summed E-state index contributed by atoms with van der Waals surface area (Å²) < 4.78 is 54.0. The number of rotatable bonds is 3. The first-order chi connectivity index (χ1) is 24.6. The lowest BCUT2D eigenvalue weighted by Gasteiger charge is -2.47. The molecule has 0 radical (unpaired) electrons. The van der Waals surface area contributed by atoms with Gasteiger partial charge in [0.2, 0.25) is 0 Å². The van der Waals surface area contributed by atoms with Gasteiger partial charge in [0.1, 0.15) is 36.3 Å². The van der Waals surface area contributed by atoms with Crippen LogP contribution in [0, 0.1) is 17.8 Å². The first-order valence-corrected chi connectivity index (χ1v) is 20.1. The molecule has 0 aliphatic carbocycles. The molecule has 11 nitrogen and oxygen atoms in total. The Kier molecular flexibility index (Phi) is 9.59. The lowest BCUT2D eigenvalue weighted by atomic mass is 9.78. The van der Waals surface area contributed by atoms with Crippen LogP contribution in [0.15, 0.2) is 24.3 Å². The van der Waals surface area contributed by atoms with E-state index in [9.17, 15) is 9.90 Å². The van der Waals surface area contributed by atoms with Crippen LogP contribution in [-0.4, -0.2) is 115 Å². The molecule has 12 bridgehead atoms. The summed E-state index contributed by atoms with van der Waals surface area (Å²) in [6.45, 7) is 13.5. The van der Waals surface area contributed by atoms with Crippen molar-refractivity contribution in [2.45, 2.75) is 195 Å². The molecule has 4 unspecified atom stereocenters. The number of carbonyl (C=O) groups excluding carboxylic acids is 1. The summed E-state index contributed by atoms with van der Waals surface area (Å²) in [6.07, 6.45) is 6.43. The van der Waals surface area contributed by atoms with Crippen molar-refractivity contribution in [1.82, 2.24) is 0 Å². The topological polar surface area (TPSA) is 137 Å². The highest BCUT2D eigenvalue weighted by Crippen LogP contribution is 2.54. The summed E-state index contributed by atoms with van der Waals surface area (Å²) in [6, 6.07) is 0. The fourth-order valence-electron chi connectivity index (χ4n) is 11.3. The zero-order chi connectivity index (χ0) is 35.2. The van der Waals surface area contributed by atoms with Crippen molar-refractivity contribution in [2.75, 3.05) is 6.54 Å². The Bertz CT molecular complexity index is 1360. The molecule has 0 saturated carbocycles. The third-order valence-corrected chi connectivity index (χ3v) is 14.2. The van der Waals surface area contributed by atoms with Crippen LogP contribution < -0.4 is 5.73 Å². The molecule has 10 heterocycles. The van der Waals surface area contributed by atoms with Crippen molar-refractivity contribution in [1.29, 1.82) is 0 Å². The van der Waals surface area contributed by atoms with Crippen molar-refractivity contribution >= 4 is 5.78 Å². The molecule has 284 valence electrons. The molecule has 19 atom stereocenters. The lowest BCUT2D eigenvalue weighted by Crippen LogP contribution is -2.61. The number of Topliss-reactive ketones (excluding diaryl/α,β-unsaturated/α-hetero) is 1. The Balaban J connectivity index is 0.986. The predicted octanol–water partition coefficient (Wildman–Crippen LogP) is 4.06. The first kappa shape index (κ1) is 35.5. The summed E-state index contributed by atoms with van der Waals surface area (Å²) in [5.41, 5.74) is 8.06. The molecule has 1 spiro atoms. The molecule has 11 heteroatoms. The molecule has 0 amide bonds. The number of ketones is 1. The van der Waals surface area contributed by atoms with E-state index >= 15 is 0 Å². The molecule has 51 heavy (non-hydrogen) atoms. The number of hydrogen-bond acceptors (Lipinski definition) is 11. The molecule has 0 aromatic carbocycles. The Hall–Kier alpha value is -1.25. The van der Waals surface area contributed by atoms with Crippen LogP contribution in [0.4, 0.5) is 0 Å². The van der Waals surface area contributed by atoms with E-state index in [1.54, 1.807) is 0 Å². The van der Waals surface area contributed by atoms with Gasteiger partial charge in [-0.2, -0.15) is 0 Å². The second-order valence-corrected chi connectivity index (χ2v) is 17.6. The Morgan fingerprint density at radius 1 is 0.765 bits per heavy atom. The van der Waals surface area contributed by atoms with Crippen molar-refractivity contribution in [2.24, 2.45) is 23.5 Å². The summed E-state index contributed by atoms with van der Waals surface area (Å²) in [5.74, 6) is -0.222. The van der Waals surface area contributed by atoms with Gasteiger partial charge < -0.3 is 48.7 Å². The standard InChI is InChI=1S/C40H59NO10/c1-19-11-25-5-7-29-20(2)12-27(44-29)9-10-40-17-34-36(50-40)37-38(49-34)39(51-40)35-30(48-37)8-6-26(46-35)13-23(42)14-28-22(4)31(15-24(43)18-41)47-33(28)16-32(45-25)21(19)3/h19,22,24-39,43H,2-3,5-18,41H2,1,4H3/t19-,22-,24+,25+,26?,27+,28-,29?,30+,31-,32?,33+,34-,35+,36+,37+,38?,39+,40+/m1/s1. The Morgan fingerprint density at radius 3 is 2.35 bits per heavy atom. The monoisotopic (exact) mass is 713 g/mol. The van der Waals surface area contributed by atoms with E-state index in [2.05, 4.69) is 27.0 Å². The molecule has 0 aromatic rings. The van der Waals surface area contributed by atoms with Crippen LogP contribution in [0.5, 0.6) is 0 Å². The maximum atomic E-state index is 14.0. The SMILES string of the molecule is C=C1C[C@@H]2CC[C@@]34C[C@H]5OC6[C@@H](O[C@H]7CCC(CC(=O)C[C@@H]8[C@@H](C)[C@@H](C[C@H](O)CN)O[C@H]8CC8O[C@@H](CCC1O2)C[C@@H](C)C8=C)O[C@@H]7[C@@H]6O3)[C@H]5O4. The molecule has 3 N–H and O–H groups in total. The second-order valence-electron chi connectivity index (χ2n) is 17.6. The van der Waals surface area contributed by atoms with E-state index < -0.39 is 11.9 Å². The van der Waals surface area contributed by atoms with Gasteiger partial charge in [-0.25, -0.2) is 0 Å². The van der Waals surface area contributed by atoms with Gasteiger partial charge in [-0.05, 0) is 73.8 Å². The molecule has 10 aliphatic rings. The minimum absolute atomic E-state index is 0.00127. The minimum Gasteiger partial charge on any atom is -0.392 e. The normalized spacial score (nSPS) is 53.2. The van der Waals surface area contributed by atoms with Crippen molar-refractivity contribution in [3.05, 3.63) is 24.3 Å². The van der Waals surface area contributed by atoms with Crippen molar-refractivity contribution in [3.63, 3.8) is 0 Å². The molecule has 0 aromatic heterocycles. The smallest absolute Gasteiger partial charge is 0.172 e. The molecular formula is C40H59NO10. The third kappa shape index (κ3) is 6.53. The van der Waals surface area contributed by atoms with Gasteiger partial charge in [0, 0.05) is 45.1 Å². The zero-order valence-corrected chi connectivity index (χ0v) is 30.4. The lowest BCUT2D eigenvalue weighted by molar-refractivity contribution is -0.292. The van der Waals surface area contributed by atoms with Crippen molar-refractivity contribution < 1.29 is 47.8 Å². The Labute approximate surface area is 302 Å². The second kappa shape index (κ2) is 13.8. The number of ether oxygens (including phenoxy) is 8. The van der Waals surface area contributed by atoms with Crippen LogP contribution in [0.25, 0.3) is 0 Å². The van der Waals surface area contributed by atoms with E-state index in [0.29, 0.717) is 44.4 Å². The quantitative estimate of drug-likeness (QED) is 0.410. The fraction of sp³-hybridized carbons (Fsp3) is 0.875. The molecule has 10 rings (SSSR count). The average molecular weight is 714 g/mol. The van der Waals surface area contributed by atoms with Crippen molar-refractivity contribution in [3.8, 4) is 0 Å². The van der Waals surface area contributed by atoms with Crippen LogP contribution >= 0.6 is 0 Å². The maximum absolute atomic E-state index is 14.0. The fourth-order valence-corrected chi connectivity index (χ4v) is 11.3. The number of carbonyl (C=O) groups is 1. The van der Waals surface area contributed by atoms with E-state index in [4.69, 9.17) is 43.6 Å². The Morgan fingerprint density at radius 2 is 1.51 bits per heavy atom. The van der Waals surface area contributed by atoms with Gasteiger partial charge in [-0.3, -0.25) is 4.79 Å². The molecular weight excluding hydrogens is 654 g/mol. The van der Waals surface area contributed by atoms with E-state index in [0.717, 1.165) is 56.1 Å². The number of fused-ring (bicyclic) bond motifs is 6. The van der Waals surface area contributed by atoms with Crippen LogP contribution in [0.1, 0.15) is 97.3 Å². The van der Waals surface area contributed by atoms with Gasteiger partial charge in [-0.1, -0.05) is 27.0 Å². The predicted molar refractivity (Wildman–Crippen MR) is 185 cm³/mol. The summed E-state index contributed by atoms with van der Waals surface area (Å²) in [4.78, 5) is 14.0. The zero-order valence-electron chi connectivity index (χ0n) is 30.4. The van der Waals surface area contributed by atoms with Gasteiger partial charge in [0.05, 0.1) is 61.0 Å². The first-order valence-electron chi connectivity index (χ1n) is 20.1. The highest BCUT2D eigenvalue weighted by molar-refractivity contribution is 5.79. The van der Waals surface area contributed by atoms with E-state index in [1.165, 1.54) is 0 Å². The molecule has 10 fully saturated rings. The van der Waals surface area contributed by atoms with Gasteiger partial charge in [0.25, 0.3) is 0 Å². The number of aliphatic hydroxyl groups excluding tert-OH is 1. The van der Waals surface area contributed by atoms with Crippen LogP contribution in [0.2, 0.25) is 0 Å². The largest absolute Gasteiger partial charge is 0.392 e. The molecule has 10 aliphatic heterocycles. The summed E-state index contributed by atoms with van der Waals surface area (Å²) in [7, 11) is 0. The maximum Gasteiger partial charge on any atom is 0.172 e. The van der Waals surface area contributed by atoms with Crippen LogP contribution in [-0.2, 0) is 42.7 Å². The highest BCUT2D eigenvalue weighted by Gasteiger charge is 2.68. The third-order valence-electron chi connectivity index (χ3n) is 14.2.